The van der Waals surface area contributed by atoms with Crippen LogP contribution in [0.4, 0.5) is 0 Å². The molecule has 0 aromatic heterocycles. The van der Waals surface area contributed by atoms with Gasteiger partial charge in [0.05, 0.1) is 13.7 Å². The maximum atomic E-state index is 12.5. The summed E-state index contributed by atoms with van der Waals surface area (Å²) in [6.45, 7) is 2.50. The van der Waals surface area contributed by atoms with Gasteiger partial charge in [-0.1, -0.05) is 55.7 Å². The molecule has 142 valence electrons. The summed E-state index contributed by atoms with van der Waals surface area (Å²) in [5, 5.41) is 0. The quantitative estimate of drug-likeness (QED) is 0.444. The van der Waals surface area contributed by atoms with E-state index in [1.54, 1.807) is 13.2 Å². The lowest BCUT2D eigenvalue weighted by Gasteiger charge is -2.21. The summed E-state index contributed by atoms with van der Waals surface area (Å²) < 4.78 is 10.9. The minimum atomic E-state index is 0.0129. The summed E-state index contributed by atoms with van der Waals surface area (Å²) in [5.74, 6) is 2.05. The number of carbonyl (C=O) groups is 1. The van der Waals surface area contributed by atoms with Gasteiger partial charge in [0.15, 0.2) is 17.3 Å². The highest BCUT2D eigenvalue weighted by Crippen LogP contribution is 2.32. The molecule has 3 rings (SSSR count). The molecule has 0 aliphatic heterocycles. The Morgan fingerprint density at radius 2 is 1.78 bits per heavy atom. The van der Waals surface area contributed by atoms with E-state index in [-0.39, 0.29) is 5.78 Å². The van der Waals surface area contributed by atoms with E-state index in [9.17, 15) is 4.79 Å². The number of benzene rings is 2. The van der Waals surface area contributed by atoms with Gasteiger partial charge < -0.3 is 9.47 Å². The molecule has 1 aliphatic rings. The van der Waals surface area contributed by atoms with Gasteiger partial charge in [-0.25, -0.2) is 0 Å². The summed E-state index contributed by atoms with van der Waals surface area (Å²) in [5.41, 5.74) is 3.00. The van der Waals surface area contributed by atoms with E-state index < -0.39 is 0 Å². The zero-order valence-electron chi connectivity index (χ0n) is 16.2. The molecule has 0 spiro atoms. The maximum Gasteiger partial charge on any atom is 0.185 e. The highest BCUT2D eigenvalue weighted by atomic mass is 16.5. The van der Waals surface area contributed by atoms with Crippen molar-refractivity contribution < 1.29 is 14.3 Å². The second kappa shape index (κ2) is 9.40. The lowest BCUT2D eigenvalue weighted by atomic mass is 9.84. The van der Waals surface area contributed by atoms with Gasteiger partial charge in [0.2, 0.25) is 0 Å². The molecule has 0 atom stereocenters. The van der Waals surface area contributed by atoms with Gasteiger partial charge in [-0.3, -0.25) is 4.79 Å². The number of ketones is 1. The van der Waals surface area contributed by atoms with E-state index in [1.807, 2.05) is 43.3 Å². The van der Waals surface area contributed by atoms with Crippen molar-refractivity contribution in [3.05, 3.63) is 65.2 Å². The molecule has 0 radical (unpaired) electrons. The molecule has 2 aromatic rings. The van der Waals surface area contributed by atoms with Crippen molar-refractivity contribution in [3.8, 4) is 11.5 Å². The Bertz CT molecular complexity index is 784. The summed E-state index contributed by atoms with van der Waals surface area (Å²) >= 11 is 0. The minimum Gasteiger partial charge on any atom is -0.493 e. The molecule has 0 amide bonds. The monoisotopic (exact) mass is 364 g/mol. The maximum absolute atomic E-state index is 12.5. The Hall–Kier alpha value is -2.55. The number of allylic oxidation sites excluding steroid dienone is 1. The van der Waals surface area contributed by atoms with Gasteiger partial charge >= 0.3 is 0 Å². The number of hydrogen-bond acceptors (Lipinski definition) is 3. The molecule has 1 saturated carbocycles. The van der Waals surface area contributed by atoms with Gasteiger partial charge in [-0.15, -0.1) is 0 Å². The average molecular weight is 364 g/mol. The van der Waals surface area contributed by atoms with Crippen LogP contribution >= 0.6 is 0 Å². The van der Waals surface area contributed by atoms with Crippen LogP contribution in [0.1, 0.15) is 66.4 Å². The number of hydrogen-bond donors (Lipinski definition) is 0. The molecular formula is C24H28O3. The predicted molar refractivity (Wildman–Crippen MR) is 110 cm³/mol. The molecule has 1 aliphatic carbocycles. The Labute approximate surface area is 162 Å². The SMILES string of the molecule is CCOc1cc(C=CC(=O)c2ccc(C3CCCCC3)cc2)ccc1OC. The van der Waals surface area contributed by atoms with Gasteiger partial charge in [0.25, 0.3) is 0 Å². The van der Waals surface area contributed by atoms with E-state index in [2.05, 4.69) is 12.1 Å². The van der Waals surface area contributed by atoms with Crippen LogP contribution in [0.3, 0.4) is 0 Å². The summed E-state index contributed by atoms with van der Waals surface area (Å²) in [7, 11) is 1.62. The van der Waals surface area contributed by atoms with Gasteiger partial charge in [0, 0.05) is 5.56 Å². The largest absolute Gasteiger partial charge is 0.493 e. The van der Waals surface area contributed by atoms with Crippen LogP contribution in [-0.4, -0.2) is 19.5 Å². The number of rotatable bonds is 7. The van der Waals surface area contributed by atoms with Crippen molar-refractivity contribution in [2.75, 3.05) is 13.7 Å². The predicted octanol–water partition coefficient (Wildman–Crippen LogP) is 6.04. The lowest BCUT2D eigenvalue weighted by molar-refractivity contribution is 0.104. The number of ether oxygens (including phenoxy) is 2. The molecule has 3 nitrogen and oxygen atoms in total. The van der Waals surface area contributed by atoms with Crippen LogP contribution in [0.15, 0.2) is 48.5 Å². The van der Waals surface area contributed by atoms with Gasteiger partial charge in [0.1, 0.15) is 0 Å². The van der Waals surface area contributed by atoms with Crippen molar-refractivity contribution in [2.24, 2.45) is 0 Å². The van der Waals surface area contributed by atoms with E-state index in [0.717, 1.165) is 11.1 Å². The first-order valence-corrected chi connectivity index (χ1v) is 9.84. The molecule has 0 N–H and O–H groups in total. The Balaban J connectivity index is 1.68. The highest BCUT2D eigenvalue weighted by molar-refractivity contribution is 6.06. The Morgan fingerprint density at radius 1 is 1.04 bits per heavy atom. The standard InChI is InChI=1S/C24H28O3/c1-3-27-24-17-18(10-16-23(24)26-2)9-15-22(25)21-13-11-20(12-14-21)19-7-5-4-6-8-19/h9-17,19H,3-8H2,1-2H3. The second-order valence-electron chi connectivity index (χ2n) is 7.00. The molecule has 3 heteroatoms. The van der Waals surface area contributed by atoms with Crippen LogP contribution in [0, 0.1) is 0 Å². The summed E-state index contributed by atoms with van der Waals surface area (Å²) in [6, 6.07) is 13.8. The number of carbonyl (C=O) groups excluding carboxylic acids is 1. The third-order valence-corrected chi connectivity index (χ3v) is 5.19. The fourth-order valence-corrected chi connectivity index (χ4v) is 3.69. The smallest absolute Gasteiger partial charge is 0.185 e. The zero-order chi connectivity index (χ0) is 19.1. The third-order valence-electron chi connectivity index (χ3n) is 5.19. The van der Waals surface area contributed by atoms with Crippen molar-refractivity contribution >= 4 is 11.9 Å². The zero-order valence-corrected chi connectivity index (χ0v) is 16.2. The van der Waals surface area contributed by atoms with Gasteiger partial charge in [-0.05, 0) is 55.0 Å². The fraction of sp³-hybridized carbons (Fsp3) is 0.375. The van der Waals surface area contributed by atoms with Crippen LogP contribution in [0.5, 0.6) is 11.5 Å². The highest BCUT2D eigenvalue weighted by Gasteiger charge is 2.15. The fourth-order valence-electron chi connectivity index (χ4n) is 3.69. The average Bonchev–Trinajstić information content (AvgIpc) is 2.73. The van der Waals surface area contributed by atoms with Crippen LogP contribution in [0.2, 0.25) is 0 Å². The first-order chi connectivity index (χ1) is 13.2. The summed E-state index contributed by atoms with van der Waals surface area (Å²) in [4.78, 5) is 12.5. The van der Waals surface area contributed by atoms with Crippen molar-refractivity contribution in [1.82, 2.24) is 0 Å². The Morgan fingerprint density at radius 3 is 2.44 bits per heavy atom. The first-order valence-electron chi connectivity index (χ1n) is 9.84. The lowest BCUT2D eigenvalue weighted by Crippen LogP contribution is -2.05. The Kier molecular flexibility index (Phi) is 6.69. The molecule has 0 bridgehead atoms. The molecular weight excluding hydrogens is 336 g/mol. The van der Waals surface area contributed by atoms with Gasteiger partial charge in [-0.2, -0.15) is 0 Å². The normalized spacial score (nSPS) is 15.0. The van der Waals surface area contributed by atoms with E-state index in [0.29, 0.717) is 24.0 Å². The van der Waals surface area contributed by atoms with E-state index in [4.69, 9.17) is 9.47 Å². The molecule has 0 heterocycles. The topological polar surface area (TPSA) is 35.5 Å². The van der Waals surface area contributed by atoms with E-state index in [1.165, 1.54) is 37.7 Å². The van der Waals surface area contributed by atoms with Crippen molar-refractivity contribution in [1.29, 1.82) is 0 Å². The molecule has 0 saturated heterocycles. The van der Waals surface area contributed by atoms with Crippen LogP contribution in [-0.2, 0) is 0 Å². The second-order valence-corrected chi connectivity index (χ2v) is 7.00. The number of methoxy groups -OCH3 is 1. The van der Waals surface area contributed by atoms with Crippen molar-refractivity contribution in [2.45, 2.75) is 44.9 Å². The third kappa shape index (κ3) is 5.00. The van der Waals surface area contributed by atoms with Crippen LogP contribution in [0.25, 0.3) is 6.08 Å². The first kappa shape index (κ1) is 19.2. The minimum absolute atomic E-state index is 0.0129. The molecule has 1 fully saturated rings. The van der Waals surface area contributed by atoms with Crippen LogP contribution < -0.4 is 9.47 Å². The van der Waals surface area contributed by atoms with Crippen molar-refractivity contribution in [3.63, 3.8) is 0 Å². The molecule has 2 aromatic carbocycles. The summed E-state index contributed by atoms with van der Waals surface area (Å²) in [6.07, 6.45) is 9.97. The molecule has 27 heavy (non-hydrogen) atoms. The molecule has 0 unspecified atom stereocenters. The van der Waals surface area contributed by atoms with E-state index >= 15 is 0 Å².